The number of hydrogen-bond donors (Lipinski definition) is 1. The minimum atomic E-state index is -1.16. The molecular formula is C18H13ClN2O3. The molecule has 3 rings (SSSR count). The van der Waals surface area contributed by atoms with Crippen molar-refractivity contribution in [1.29, 1.82) is 0 Å². The van der Waals surface area contributed by atoms with Gasteiger partial charge in [0.1, 0.15) is 0 Å². The number of amides is 1. The number of hydrazone groups is 1. The van der Waals surface area contributed by atoms with E-state index < -0.39 is 5.97 Å². The molecule has 1 aliphatic heterocycles. The Balaban J connectivity index is 1.98. The van der Waals surface area contributed by atoms with E-state index in [4.69, 9.17) is 16.7 Å². The lowest BCUT2D eigenvalue weighted by molar-refractivity contribution is -0.114. The van der Waals surface area contributed by atoms with Gasteiger partial charge < -0.3 is 5.11 Å². The van der Waals surface area contributed by atoms with E-state index in [1.807, 2.05) is 30.3 Å². The van der Waals surface area contributed by atoms with Crippen LogP contribution in [-0.4, -0.2) is 22.7 Å². The van der Waals surface area contributed by atoms with E-state index >= 15 is 0 Å². The Morgan fingerprint density at radius 1 is 1.21 bits per heavy atom. The highest BCUT2D eigenvalue weighted by Crippen LogP contribution is 2.28. The average Bonchev–Trinajstić information content (AvgIpc) is 2.84. The Morgan fingerprint density at radius 2 is 1.92 bits per heavy atom. The molecule has 2 aromatic rings. The molecule has 0 atom stereocenters. The summed E-state index contributed by atoms with van der Waals surface area (Å²) in [5.74, 6) is -1.47. The molecule has 0 bridgehead atoms. The lowest BCUT2D eigenvalue weighted by atomic mass is 10.1. The monoisotopic (exact) mass is 340 g/mol. The average molecular weight is 341 g/mol. The predicted molar refractivity (Wildman–Crippen MR) is 93.4 cm³/mol. The van der Waals surface area contributed by atoms with Gasteiger partial charge in [-0.25, -0.2) is 4.79 Å². The van der Waals surface area contributed by atoms with Gasteiger partial charge in [-0.05, 0) is 36.8 Å². The highest BCUT2D eigenvalue weighted by Gasteiger charge is 2.29. The van der Waals surface area contributed by atoms with Crippen molar-refractivity contribution in [2.24, 2.45) is 5.10 Å². The number of carbonyl (C=O) groups excluding carboxylic acids is 1. The zero-order valence-corrected chi connectivity index (χ0v) is 13.5. The van der Waals surface area contributed by atoms with Crippen LogP contribution in [0.4, 0.5) is 5.69 Å². The molecular weight excluding hydrogens is 328 g/mol. The van der Waals surface area contributed by atoms with Crippen molar-refractivity contribution in [3.8, 4) is 0 Å². The molecule has 1 N–H and O–H groups in total. The zero-order chi connectivity index (χ0) is 17.3. The third kappa shape index (κ3) is 2.94. The summed E-state index contributed by atoms with van der Waals surface area (Å²) in [6.07, 6.45) is 1.76. The van der Waals surface area contributed by atoms with Crippen molar-refractivity contribution >= 4 is 41.0 Å². The van der Waals surface area contributed by atoms with Gasteiger partial charge >= 0.3 is 5.97 Å². The lowest BCUT2D eigenvalue weighted by Crippen LogP contribution is -2.21. The van der Waals surface area contributed by atoms with Gasteiger partial charge in [0.2, 0.25) is 0 Å². The SMILES string of the molecule is CC1=NN(c2ccc(Cl)c(C(=O)O)c2)C(=O)/C1=C/c1ccccc1. The maximum atomic E-state index is 12.6. The van der Waals surface area contributed by atoms with Gasteiger partial charge in [0.25, 0.3) is 5.91 Å². The molecule has 1 aliphatic rings. The maximum Gasteiger partial charge on any atom is 0.337 e. The van der Waals surface area contributed by atoms with Gasteiger partial charge in [-0.2, -0.15) is 10.1 Å². The lowest BCUT2D eigenvalue weighted by Gasteiger charge is -2.13. The minimum absolute atomic E-state index is 0.0738. The first kappa shape index (κ1) is 16.0. The van der Waals surface area contributed by atoms with Crippen molar-refractivity contribution in [3.05, 3.63) is 70.3 Å². The number of benzene rings is 2. The van der Waals surface area contributed by atoms with E-state index in [-0.39, 0.29) is 16.5 Å². The third-order valence-electron chi connectivity index (χ3n) is 3.60. The van der Waals surface area contributed by atoms with Crippen LogP contribution in [0.5, 0.6) is 0 Å². The second kappa shape index (κ2) is 6.29. The number of rotatable bonds is 3. The predicted octanol–water partition coefficient (Wildman–Crippen LogP) is 3.84. The standard InChI is InChI=1S/C18H13ClN2O3/c1-11-14(9-12-5-3-2-4-6-12)17(22)21(20-11)13-7-8-16(19)15(10-13)18(23)24/h2-10H,1H3,(H,23,24)/b14-9+. The van der Waals surface area contributed by atoms with Gasteiger partial charge in [0.15, 0.2) is 0 Å². The number of aromatic carboxylic acids is 1. The second-order valence-electron chi connectivity index (χ2n) is 5.24. The van der Waals surface area contributed by atoms with Crippen molar-refractivity contribution < 1.29 is 14.7 Å². The molecule has 5 nitrogen and oxygen atoms in total. The molecule has 0 unspecified atom stereocenters. The Morgan fingerprint density at radius 3 is 2.58 bits per heavy atom. The fraction of sp³-hybridized carbons (Fsp3) is 0.0556. The van der Waals surface area contributed by atoms with Crippen LogP contribution in [0.25, 0.3) is 6.08 Å². The summed E-state index contributed by atoms with van der Waals surface area (Å²) in [7, 11) is 0. The van der Waals surface area contributed by atoms with Crippen LogP contribution in [0.2, 0.25) is 5.02 Å². The smallest absolute Gasteiger partial charge is 0.337 e. The summed E-state index contributed by atoms with van der Waals surface area (Å²) < 4.78 is 0. The van der Waals surface area contributed by atoms with E-state index in [0.29, 0.717) is 17.0 Å². The van der Waals surface area contributed by atoms with Crippen LogP contribution in [0.1, 0.15) is 22.8 Å². The number of hydrogen-bond acceptors (Lipinski definition) is 3. The van der Waals surface area contributed by atoms with Crippen LogP contribution >= 0.6 is 11.6 Å². The summed E-state index contributed by atoms with van der Waals surface area (Å²) in [6, 6.07) is 13.8. The molecule has 0 aliphatic carbocycles. The molecule has 0 spiro atoms. The van der Waals surface area contributed by atoms with E-state index in [1.165, 1.54) is 17.1 Å². The maximum absolute atomic E-state index is 12.6. The van der Waals surface area contributed by atoms with E-state index in [9.17, 15) is 9.59 Å². The number of halogens is 1. The molecule has 0 saturated heterocycles. The Kier molecular flexibility index (Phi) is 4.18. The van der Waals surface area contributed by atoms with E-state index in [0.717, 1.165) is 5.56 Å². The number of nitrogens with zero attached hydrogens (tertiary/aromatic N) is 2. The van der Waals surface area contributed by atoms with Gasteiger partial charge in [-0.1, -0.05) is 41.9 Å². The van der Waals surface area contributed by atoms with Crippen LogP contribution in [0.15, 0.2) is 59.2 Å². The van der Waals surface area contributed by atoms with Gasteiger partial charge in [-0.15, -0.1) is 0 Å². The molecule has 0 radical (unpaired) electrons. The minimum Gasteiger partial charge on any atom is -0.478 e. The molecule has 1 amide bonds. The van der Waals surface area contributed by atoms with Crippen LogP contribution < -0.4 is 5.01 Å². The largest absolute Gasteiger partial charge is 0.478 e. The van der Waals surface area contributed by atoms with Crippen molar-refractivity contribution in [2.75, 3.05) is 5.01 Å². The van der Waals surface area contributed by atoms with Crippen LogP contribution in [0, 0.1) is 0 Å². The van der Waals surface area contributed by atoms with Gasteiger partial charge in [-0.3, -0.25) is 4.79 Å². The molecule has 24 heavy (non-hydrogen) atoms. The fourth-order valence-corrected chi connectivity index (χ4v) is 2.58. The summed E-state index contributed by atoms with van der Waals surface area (Å²) in [5, 5.41) is 14.7. The van der Waals surface area contributed by atoms with Gasteiger partial charge in [0.05, 0.1) is 27.6 Å². The topological polar surface area (TPSA) is 70.0 Å². The Labute approximate surface area is 143 Å². The third-order valence-corrected chi connectivity index (χ3v) is 3.93. The normalized spacial score (nSPS) is 15.8. The van der Waals surface area contributed by atoms with Crippen LogP contribution in [-0.2, 0) is 4.79 Å². The zero-order valence-electron chi connectivity index (χ0n) is 12.7. The molecule has 2 aromatic carbocycles. The molecule has 6 heteroatoms. The highest BCUT2D eigenvalue weighted by atomic mass is 35.5. The molecule has 0 fully saturated rings. The number of anilines is 1. The number of carbonyl (C=O) groups is 2. The first-order valence-electron chi connectivity index (χ1n) is 7.17. The van der Waals surface area contributed by atoms with Crippen LogP contribution in [0.3, 0.4) is 0 Å². The van der Waals surface area contributed by atoms with Crippen molar-refractivity contribution in [2.45, 2.75) is 6.92 Å². The molecule has 0 saturated carbocycles. The van der Waals surface area contributed by atoms with Crippen molar-refractivity contribution in [3.63, 3.8) is 0 Å². The number of carboxylic acids is 1. The quantitative estimate of drug-likeness (QED) is 0.863. The Bertz CT molecular complexity index is 888. The summed E-state index contributed by atoms with van der Waals surface area (Å²) in [6.45, 7) is 1.74. The number of carboxylic acid groups (broad SMARTS) is 1. The van der Waals surface area contributed by atoms with Gasteiger partial charge in [0, 0.05) is 0 Å². The summed E-state index contributed by atoms with van der Waals surface area (Å²) in [4.78, 5) is 23.9. The fourth-order valence-electron chi connectivity index (χ4n) is 2.38. The summed E-state index contributed by atoms with van der Waals surface area (Å²) >= 11 is 5.87. The summed E-state index contributed by atoms with van der Waals surface area (Å²) in [5.41, 5.74) is 2.20. The van der Waals surface area contributed by atoms with E-state index in [2.05, 4.69) is 5.10 Å². The Hall–Kier alpha value is -2.92. The molecule has 120 valence electrons. The first-order valence-corrected chi connectivity index (χ1v) is 7.55. The molecule has 1 heterocycles. The molecule has 0 aromatic heterocycles. The second-order valence-corrected chi connectivity index (χ2v) is 5.65. The first-order chi connectivity index (χ1) is 11.5. The van der Waals surface area contributed by atoms with E-state index in [1.54, 1.807) is 19.1 Å². The highest BCUT2D eigenvalue weighted by molar-refractivity contribution is 6.34. The van der Waals surface area contributed by atoms with Crippen molar-refractivity contribution in [1.82, 2.24) is 0 Å².